The van der Waals surface area contributed by atoms with Crippen molar-refractivity contribution in [2.24, 2.45) is 12.8 Å². The van der Waals surface area contributed by atoms with Crippen molar-refractivity contribution in [3.05, 3.63) is 44.6 Å². The van der Waals surface area contributed by atoms with Crippen LogP contribution in [0.4, 0.5) is 0 Å². The fourth-order valence-corrected chi connectivity index (χ4v) is 2.55. The molecule has 20 heavy (non-hydrogen) atoms. The quantitative estimate of drug-likeness (QED) is 0.905. The zero-order valence-corrected chi connectivity index (χ0v) is 14.0. The minimum atomic E-state index is -0.0955. The number of benzene rings is 1. The van der Waals surface area contributed by atoms with Gasteiger partial charge >= 0.3 is 0 Å². The Kier molecular flexibility index (Phi) is 4.73. The van der Waals surface area contributed by atoms with Gasteiger partial charge in [-0.1, -0.05) is 33.6 Å². The van der Waals surface area contributed by atoms with Gasteiger partial charge in [0, 0.05) is 23.1 Å². The zero-order chi connectivity index (χ0) is 14.9. The lowest BCUT2D eigenvalue weighted by molar-refractivity contribution is 0.290. The fraction of sp³-hybridized carbons (Fsp3) is 0.357. The highest BCUT2D eigenvalue weighted by molar-refractivity contribution is 9.10. The van der Waals surface area contributed by atoms with Crippen molar-refractivity contribution < 1.29 is 4.74 Å². The second kappa shape index (κ2) is 6.16. The molecule has 1 heterocycles. The smallest absolute Gasteiger partial charge is 0.131 e. The van der Waals surface area contributed by atoms with Crippen LogP contribution in [0.1, 0.15) is 29.9 Å². The van der Waals surface area contributed by atoms with E-state index in [1.807, 2.05) is 39.1 Å². The van der Waals surface area contributed by atoms with Crippen molar-refractivity contribution in [3.8, 4) is 5.75 Å². The van der Waals surface area contributed by atoms with Gasteiger partial charge in [0.25, 0.3) is 0 Å². The average molecular weight is 359 g/mol. The third kappa shape index (κ3) is 3.16. The molecule has 0 aliphatic rings. The van der Waals surface area contributed by atoms with Gasteiger partial charge in [0.15, 0.2) is 0 Å². The minimum Gasteiger partial charge on any atom is -0.487 e. The maximum Gasteiger partial charge on any atom is 0.131 e. The van der Waals surface area contributed by atoms with E-state index in [-0.39, 0.29) is 6.04 Å². The molecule has 0 amide bonds. The number of rotatable bonds is 4. The summed E-state index contributed by atoms with van der Waals surface area (Å²) in [7, 11) is 1.85. The molecule has 0 aliphatic carbocycles. The lowest BCUT2D eigenvalue weighted by Gasteiger charge is -2.14. The van der Waals surface area contributed by atoms with Crippen LogP contribution in [0.15, 0.2) is 22.7 Å². The van der Waals surface area contributed by atoms with E-state index in [1.165, 1.54) is 0 Å². The summed E-state index contributed by atoms with van der Waals surface area (Å²) in [6.45, 7) is 4.15. The number of aryl methyl sites for hydroxylation is 2. The minimum absolute atomic E-state index is 0.0955. The Labute approximate surface area is 132 Å². The molecule has 2 aromatic rings. The van der Waals surface area contributed by atoms with E-state index in [4.69, 9.17) is 22.1 Å². The summed E-state index contributed by atoms with van der Waals surface area (Å²) in [6.07, 6.45) is 0. The van der Waals surface area contributed by atoms with Gasteiger partial charge in [-0.25, -0.2) is 0 Å². The molecule has 2 N–H and O–H groups in total. The average Bonchev–Trinajstić information content (AvgIpc) is 2.61. The zero-order valence-electron chi connectivity index (χ0n) is 11.7. The summed E-state index contributed by atoms with van der Waals surface area (Å²) in [6, 6.07) is 5.73. The molecule has 4 nitrogen and oxygen atoms in total. The van der Waals surface area contributed by atoms with Crippen LogP contribution < -0.4 is 10.5 Å². The highest BCUT2D eigenvalue weighted by Crippen LogP contribution is 2.29. The van der Waals surface area contributed by atoms with E-state index in [2.05, 4.69) is 21.0 Å². The molecule has 0 radical (unpaired) electrons. The maximum absolute atomic E-state index is 6.22. The molecule has 0 bridgehead atoms. The van der Waals surface area contributed by atoms with Crippen LogP contribution in [0.3, 0.4) is 0 Å². The Balaban J connectivity index is 2.24. The topological polar surface area (TPSA) is 53.1 Å². The molecule has 0 aliphatic heterocycles. The van der Waals surface area contributed by atoms with E-state index < -0.39 is 0 Å². The van der Waals surface area contributed by atoms with Gasteiger partial charge in [-0.2, -0.15) is 5.10 Å². The molecular weight excluding hydrogens is 342 g/mol. The molecule has 1 aromatic carbocycles. The predicted octanol–water partition coefficient (Wildman–Crippen LogP) is 3.74. The van der Waals surface area contributed by atoms with Gasteiger partial charge < -0.3 is 10.5 Å². The summed E-state index contributed by atoms with van der Waals surface area (Å²) in [5, 5.41) is 4.91. The Morgan fingerprint density at radius 1 is 1.50 bits per heavy atom. The van der Waals surface area contributed by atoms with Crippen molar-refractivity contribution in [2.75, 3.05) is 0 Å². The van der Waals surface area contributed by atoms with Gasteiger partial charge in [0.05, 0.1) is 16.4 Å². The van der Waals surface area contributed by atoms with Crippen LogP contribution in [0, 0.1) is 6.92 Å². The molecule has 0 unspecified atom stereocenters. The second-order valence-electron chi connectivity index (χ2n) is 4.73. The van der Waals surface area contributed by atoms with Gasteiger partial charge in [0.1, 0.15) is 12.4 Å². The molecule has 1 aromatic heterocycles. The first-order valence-corrected chi connectivity index (χ1v) is 7.43. The largest absolute Gasteiger partial charge is 0.487 e. The SMILES string of the molecule is Cc1nn(C)c(COc2cc(Br)ccc2[C@H](C)N)c1Cl. The monoisotopic (exact) mass is 357 g/mol. The van der Waals surface area contributed by atoms with Gasteiger partial charge in [0.2, 0.25) is 0 Å². The van der Waals surface area contributed by atoms with E-state index in [1.54, 1.807) is 4.68 Å². The molecule has 6 heteroatoms. The number of hydrogen-bond acceptors (Lipinski definition) is 3. The highest BCUT2D eigenvalue weighted by Gasteiger charge is 2.14. The second-order valence-corrected chi connectivity index (χ2v) is 6.02. The van der Waals surface area contributed by atoms with Gasteiger partial charge in [-0.05, 0) is 26.0 Å². The van der Waals surface area contributed by atoms with Crippen LogP contribution in [-0.4, -0.2) is 9.78 Å². The third-order valence-corrected chi connectivity index (χ3v) is 4.08. The van der Waals surface area contributed by atoms with Crippen LogP contribution >= 0.6 is 27.5 Å². The molecule has 0 spiro atoms. The summed E-state index contributed by atoms with van der Waals surface area (Å²) < 4.78 is 8.57. The summed E-state index contributed by atoms with van der Waals surface area (Å²) in [5.41, 5.74) is 8.57. The normalized spacial score (nSPS) is 12.5. The van der Waals surface area contributed by atoms with Crippen molar-refractivity contribution in [2.45, 2.75) is 26.5 Å². The molecule has 0 saturated heterocycles. The number of ether oxygens (including phenoxy) is 1. The Bertz CT molecular complexity index is 625. The van der Waals surface area contributed by atoms with Gasteiger partial charge in [-0.3, -0.25) is 4.68 Å². The van der Waals surface area contributed by atoms with Crippen LogP contribution in [0.2, 0.25) is 5.02 Å². The van der Waals surface area contributed by atoms with Crippen LogP contribution in [-0.2, 0) is 13.7 Å². The van der Waals surface area contributed by atoms with E-state index >= 15 is 0 Å². The van der Waals surface area contributed by atoms with E-state index in [0.29, 0.717) is 11.6 Å². The fourth-order valence-electron chi connectivity index (χ4n) is 1.99. The molecule has 2 rings (SSSR count). The Morgan fingerprint density at radius 3 is 2.75 bits per heavy atom. The Morgan fingerprint density at radius 2 is 2.20 bits per heavy atom. The summed E-state index contributed by atoms with van der Waals surface area (Å²) in [4.78, 5) is 0. The first kappa shape index (κ1) is 15.4. The van der Waals surface area contributed by atoms with Gasteiger partial charge in [-0.15, -0.1) is 0 Å². The summed E-state index contributed by atoms with van der Waals surface area (Å²) >= 11 is 9.66. The number of halogens is 2. The van der Waals surface area contributed by atoms with Crippen molar-refractivity contribution >= 4 is 27.5 Å². The third-order valence-electron chi connectivity index (χ3n) is 3.09. The van der Waals surface area contributed by atoms with Crippen molar-refractivity contribution in [1.82, 2.24) is 9.78 Å². The number of hydrogen-bond donors (Lipinski definition) is 1. The molecule has 0 fully saturated rings. The molecule has 108 valence electrons. The molecule has 1 atom stereocenters. The van der Waals surface area contributed by atoms with E-state index in [0.717, 1.165) is 27.2 Å². The first-order chi connectivity index (χ1) is 9.40. The van der Waals surface area contributed by atoms with Crippen LogP contribution in [0.25, 0.3) is 0 Å². The number of nitrogens with zero attached hydrogens (tertiary/aromatic N) is 2. The maximum atomic E-state index is 6.22. The molecule has 0 saturated carbocycles. The summed E-state index contributed by atoms with van der Waals surface area (Å²) in [5.74, 6) is 0.754. The molecular formula is C14H17BrClN3O. The van der Waals surface area contributed by atoms with Crippen molar-refractivity contribution in [1.29, 1.82) is 0 Å². The van der Waals surface area contributed by atoms with E-state index in [9.17, 15) is 0 Å². The number of aromatic nitrogens is 2. The predicted molar refractivity (Wildman–Crippen MR) is 84.0 cm³/mol. The lowest BCUT2D eigenvalue weighted by Crippen LogP contribution is -2.09. The van der Waals surface area contributed by atoms with Crippen LogP contribution in [0.5, 0.6) is 5.75 Å². The highest BCUT2D eigenvalue weighted by atomic mass is 79.9. The standard InChI is InChI=1S/C14H17BrClN3O/c1-8(17)11-5-4-10(15)6-13(11)20-7-12-14(16)9(2)18-19(12)3/h4-6,8H,7,17H2,1-3H3/t8-/m0/s1. The Hall–Kier alpha value is -1.04. The lowest BCUT2D eigenvalue weighted by atomic mass is 10.1. The van der Waals surface area contributed by atoms with Crippen molar-refractivity contribution in [3.63, 3.8) is 0 Å². The first-order valence-electron chi connectivity index (χ1n) is 6.26. The number of nitrogens with two attached hydrogens (primary N) is 1.